The van der Waals surface area contributed by atoms with E-state index in [1.165, 1.54) is 6.92 Å². The maximum absolute atomic E-state index is 11.6. The molecule has 17 heavy (non-hydrogen) atoms. The molecule has 2 rings (SSSR count). The van der Waals surface area contributed by atoms with Gasteiger partial charge in [0, 0.05) is 30.1 Å². The first kappa shape index (κ1) is 11.6. The lowest BCUT2D eigenvalue weighted by Gasteiger charge is -2.32. The van der Waals surface area contributed by atoms with Gasteiger partial charge in [-0.2, -0.15) is 0 Å². The second-order valence-corrected chi connectivity index (χ2v) is 5.05. The summed E-state index contributed by atoms with van der Waals surface area (Å²) in [4.78, 5) is 22.6. The second-order valence-electron chi connectivity index (χ2n) is 5.05. The molecule has 2 amide bonds. The summed E-state index contributed by atoms with van der Waals surface area (Å²) in [5.41, 5.74) is 2.44. The van der Waals surface area contributed by atoms with Crippen molar-refractivity contribution in [2.75, 3.05) is 10.6 Å². The zero-order valence-electron chi connectivity index (χ0n) is 10.3. The summed E-state index contributed by atoms with van der Waals surface area (Å²) in [5.74, 6) is -0.103. The van der Waals surface area contributed by atoms with E-state index in [1.807, 2.05) is 26.0 Å². The SMILES string of the molecule is CC(=O)Nc1ccc2c(c1)NC(=O)CC2(C)C. The molecule has 4 heteroatoms. The highest BCUT2D eigenvalue weighted by Crippen LogP contribution is 2.38. The first-order chi connectivity index (χ1) is 7.88. The number of hydrogen-bond donors (Lipinski definition) is 2. The second kappa shape index (κ2) is 3.87. The summed E-state index contributed by atoms with van der Waals surface area (Å²) in [6, 6.07) is 5.62. The molecule has 0 aromatic heterocycles. The largest absolute Gasteiger partial charge is 0.326 e. The molecule has 0 saturated carbocycles. The van der Waals surface area contributed by atoms with Crippen LogP contribution in [0, 0.1) is 0 Å². The molecule has 0 fully saturated rings. The van der Waals surface area contributed by atoms with E-state index in [9.17, 15) is 9.59 Å². The van der Waals surface area contributed by atoms with E-state index in [0.717, 1.165) is 11.3 Å². The topological polar surface area (TPSA) is 58.2 Å². The molecular weight excluding hydrogens is 216 g/mol. The maximum atomic E-state index is 11.6. The lowest BCUT2D eigenvalue weighted by Crippen LogP contribution is -2.32. The van der Waals surface area contributed by atoms with Crippen LogP contribution in [-0.2, 0) is 15.0 Å². The molecule has 0 unspecified atom stereocenters. The molecule has 4 nitrogen and oxygen atoms in total. The minimum absolute atomic E-state index is 0.0162. The van der Waals surface area contributed by atoms with Gasteiger partial charge in [-0.25, -0.2) is 0 Å². The fraction of sp³-hybridized carbons (Fsp3) is 0.385. The maximum Gasteiger partial charge on any atom is 0.225 e. The van der Waals surface area contributed by atoms with Crippen LogP contribution >= 0.6 is 0 Å². The van der Waals surface area contributed by atoms with Crippen LogP contribution in [0.1, 0.15) is 32.8 Å². The van der Waals surface area contributed by atoms with E-state index >= 15 is 0 Å². The summed E-state index contributed by atoms with van der Waals surface area (Å²) < 4.78 is 0. The smallest absolute Gasteiger partial charge is 0.225 e. The molecule has 0 spiro atoms. The van der Waals surface area contributed by atoms with Crippen LogP contribution < -0.4 is 10.6 Å². The van der Waals surface area contributed by atoms with Crippen LogP contribution in [0.3, 0.4) is 0 Å². The Bertz CT molecular complexity index is 492. The number of rotatable bonds is 1. The van der Waals surface area contributed by atoms with Crippen molar-refractivity contribution in [2.24, 2.45) is 0 Å². The van der Waals surface area contributed by atoms with Gasteiger partial charge in [-0.3, -0.25) is 9.59 Å². The van der Waals surface area contributed by atoms with Crippen LogP contribution in [0.2, 0.25) is 0 Å². The summed E-state index contributed by atoms with van der Waals surface area (Å²) in [6.07, 6.45) is 0.486. The van der Waals surface area contributed by atoms with Crippen molar-refractivity contribution >= 4 is 23.2 Å². The molecule has 0 saturated heterocycles. The summed E-state index contributed by atoms with van der Waals surface area (Å²) in [7, 11) is 0. The van der Waals surface area contributed by atoms with E-state index in [1.54, 1.807) is 6.07 Å². The fourth-order valence-electron chi connectivity index (χ4n) is 2.21. The van der Waals surface area contributed by atoms with Crippen molar-refractivity contribution in [1.82, 2.24) is 0 Å². The summed E-state index contributed by atoms with van der Waals surface area (Å²) in [6.45, 7) is 5.55. The lowest BCUT2D eigenvalue weighted by atomic mass is 9.78. The standard InChI is InChI=1S/C13H16N2O2/c1-8(16)14-9-4-5-10-11(6-9)15-12(17)7-13(10,2)3/h4-6H,7H2,1-3H3,(H,14,16)(H,15,17). The predicted octanol–water partition coefficient (Wildman–Crippen LogP) is 2.26. The number of carbonyl (C=O) groups excluding carboxylic acids is 2. The van der Waals surface area contributed by atoms with Crippen molar-refractivity contribution in [1.29, 1.82) is 0 Å². The molecule has 2 N–H and O–H groups in total. The van der Waals surface area contributed by atoms with E-state index in [-0.39, 0.29) is 17.2 Å². The van der Waals surface area contributed by atoms with Gasteiger partial charge in [0.05, 0.1) is 0 Å². The van der Waals surface area contributed by atoms with Gasteiger partial charge in [0.2, 0.25) is 11.8 Å². The Kier molecular flexibility index (Phi) is 2.65. The molecule has 0 bridgehead atoms. The molecule has 90 valence electrons. The third kappa shape index (κ3) is 2.30. The summed E-state index contributed by atoms with van der Waals surface area (Å²) >= 11 is 0. The van der Waals surface area contributed by atoms with Gasteiger partial charge in [0.25, 0.3) is 0 Å². The Morgan fingerprint density at radius 3 is 2.76 bits per heavy atom. The molecule has 1 aromatic rings. The van der Waals surface area contributed by atoms with Gasteiger partial charge in [-0.05, 0) is 17.7 Å². The first-order valence-electron chi connectivity index (χ1n) is 5.60. The molecule has 1 aliphatic heterocycles. The van der Waals surface area contributed by atoms with Gasteiger partial charge in [-0.15, -0.1) is 0 Å². The van der Waals surface area contributed by atoms with Gasteiger partial charge in [0.15, 0.2) is 0 Å². The Balaban J connectivity index is 2.42. The fourth-order valence-corrected chi connectivity index (χ4v) is 2.21. The number of anilines is 2. The van der Waals surface area contributed by atoms with Crippen molar-refractivity contribution in [3.63, 3.8) is 0 Å². The first-order valence-corrected chi connectivity index (χ1v) is 5.60. The number of hydrogen-bond acceptors (Lipinski definition) is 2. The molecule has 1 heterocycles. The molecule has 0 radical (unpaired) electrons. The average molecular weight is 232 g/mol. The normalized spacial score (nSPS) is 17.0. The van der Waals surface area contributed by atoms with Crippen molar-refractivity contribution in [3.05, 3.63) is 23.8 Å². The van der Waals surface area contributed by atoms with Gasteiger partial charge in [0.1, 0.15) is 0 Å². The van der Waals surface area contributed by atoms with E-state index in [0.29, 0.717) is 12.1 Å². The number of carbonyl (C=O) groups is 2. The predicted molar refractivity (Wildman–Crippen MR) is 67.0 cm³/mol. The highest BCUT2D eigenvalue weighted by molar-refractivity contribution is 5.97. The van der Waals surface area contributed by atoms with Crippen molar-refractivity contribution < 1.29 is 9.59 Å². The zero-order chi connectivity index (χ0) is 12.6. The third-order valence-electron chi connectivity index (χ3n) is 2.95. The van der Waals surface area contributed by atoms with E-state index in [2.05, 4.69) is 10.6 Å². The molecular formula is C13H16N2O2. The van der Waals surface area contributed by atoms with Gasteiger partial charge in [-0.1, -0.05) is 19.9 Å². The van der Waals surface area contributed by atoms with Crippen LogP contribution in [0.4, 0.5) is 11.4 Å². The monoisotopic (exact) mass is 232 g/mol. The third-order valence-corrected chi connectivity index (χ3v) is 2.95. The lowest BCUT2D eigenvalue weighted by molar-refractivity contribution is -0.117. The average Bonchev–Trinajstić information content (AvgIpc) is 2.13. The zero-order valence-corrected chi connectivity index (χ0v) is 10.3. The van der Waals surface area contributed by atoms with E-state index < -0.39 is 0 Å². The Morgan fingerprint density at radius 2 is 2.12 bits per heavy atom. The highest BCUT2D eigenvalue weighted by atomic mass is 16.2. The number of benzene rings is 1. The minimum atomic E-state index is -0.160. The summed E-state index contributed by atoms with van der Waals surface area (Å²) in [5, 5.41) is 5.55. The van der Waals surface area contributed by atoms with Gasteiger partial charge < -0.3 is 10.6 Å². The van der Waals surface area contributed by atoms with Crippen LogP contribution in [0.5, 0.6) is 0 Å². The highest BCUT2D eigenvalue weighted by Gasteiger charge is 2.31. The van der Waals surface area contributed by atoms with Crippen LogP contribution in [0.25, 0.3) is 0 Å². The van der Waals surface area contributed by atoms with Crippen molar-refractivity contribution in [2.45, 2.75) is 32.6 Å². The number of amides is 2. The molecule has 1 aliphatic rings. The Hall–Kier alpha value is -1.84. The van der Waals surface area contributed by atoms with E-state index in [4.69, 9.17) is 0 Å². The number of nitrogens with one attached hydrogen (secondary N) is 2. The van der Waals surface area contributed by atoms with Crippen molar-refractivity contribution in [3.8, 4) is 0 Å². The minimum Gasteiger partial charge on any atom is -0.326 e. The van der Waals surface area contributed by atoms with Gasteiger partial charge >= 0.3 is 0 Å². The molecule has 1 aromatic carbocycles. The van der Waals surface area contributed by atoms with Crippen LogP contribution in [0.15, 0.2) is 18.2 Å². The molecule has 0 aliphatic carbocycles. The number of fused-ring (bicyclic) bond motifs is 1. The van der Waals surface area contributed by atoms with Crippen LogP contribution in [-0.4, -0.2) is 11.8 Å². The Morgan fingerprint density at radius 1 is 1.41 bits per heavy atom. The quantitative estimate of drug-likeness (QED) is 0.780. The molecule has 0 atom stereocenters. The Labute approximate surface area is 100 Å².